The minimum absolute atomic E-state index is 0.0915. The Labute approximate surface area is 108 Å². The largest absolute Gasteiger partial charge is 0.497 e. The molecule has 0 fully saturated rings. The molecule has 0 saturated carbocycles. The molecule has 1 atom stereocenters. The number of esters is 1. The first-order valence-corrected chi connectivity index (χ1v) is 6.57. The highest BCUT2D eigenvalue weighted by Gasteiger charge is 2.23. The van der Waals surface area contributed by atoms with Crippen LogP contribution >= 0.6 is 0 Å². The number of aryl methyl sites for hydroxylation is 1. The van der Waals surface area contributed by atoms with Gasteiger partial charge in [0.25, 0.3) is 0 Å². The summed E-state index contributed by atoms with van der Waals surface area (Å²) in [7, 11) is 1.68. The van der Waals surface area contributed by atoms with Crippen molar-refractivity contribution in [3.63, 3.8) is 0 Å². The molecule has 0 saturated heterocycles. The van der Waals surface area contributed by atoms with Crippen molar-refractivity contribution in [2.75, 3.05) is 13.7 Å². The van der Waals surface area contributed by atoms with Gasteiger partial charge in [-0.1, -0.05) is 6.07 Å². The zero-order chi connectivity index (χ0) is 13.0. The number of hydrogen-bond donors (Lipinski definition) is 0. The number of ether oxygens (including phenoxy) is 2. The number of rotatable bonds is 4. The lowest BCUT2D eigenvalue weighted by atomic mass is 9.81. The third-order valence-corrected chi connectivity index (χ3v) is 3.51. The molecule has 0 N–H and O–H groups in total. The lowest BCUT2D eigenvalue weighted by Gasteiger charge is -2.25. The van der Waals surface area contributed by atoms with Crippen LogP contribution in [0.3, 0.4) is 0 Å². The van der Waals surface area contributed by atoms with Gasteiger partial charge in [0, 0.05) is 0 Å². The fraction of sp³-hybridized carbons (Fsp3) is 0.533. The summed E-state index contributed by atoms with van der Waals surface area (Å²) in [6, 6.07) is 6.16. The van der Waals surface area contributed by atoms with Gasteiger partial charge in [0.2, 0.25) is 0 Å². The molecule has 1 aromatic carbocycles. The van der Waals surface area contributed by atoms with Crippen LogP contribution in [-0.2, 0) is 16.0 Å². The minimum Gasteiger partial charge on any atom is -0.497 e. The Balaban J connectivity index is 2.15. The molecule has 0 unspecified atom stereocenters. The van der Waals surface area contributed by atoms with Crippen molar-refractivity contribution in [2.24, 2.45) is 0 Å². The van der Waals surface area contributed by atoms with Crippen molar-refractivity contribution in [3.8, 4) is 5.75 Å². The smallest absolute Gasteiger partial charge is 0.306 e. The van der Waals surface area contributed by atoms with E-state index >= 15 is 0 Å². The summed E-state index contributed by atoms with van der Waals surface area (Å²) < 4.78 is 10.3. The molecule has 18 heavy (non-hydrogen) atoms. The lowest BCUT2D eigenvalue weighted by Crippen LogP contribution is -2.15. The van der Waals surface area contributed by atoms with E-state index in [9.17, 15) is 4.79 Å². The van der Waals surface area contributed by atoms with E-state index in [2.05, 4.69) is 12.1 Å². The van der Waals surface area contributed by atoms with Gasteiger partial charge in [-0.25, -0.2) is 0 Å². The zero-order valence-corrected chi connectivity index (χ0v) is 11.1. The predicted molar refractivity (Wildman–Crippen MR) is 69.9 cm³/mol. The topological polar surface area (TPSA) is 35.5 Å². The Morgan fingerprint density at radius 1 is 1.44 bits per heavy atom. The number of benzene rings is 1. The van der Waals surface area contributed by atoms with Gasteiger partial charge in [0.15, 0.2) is 0 Å². The van der Waals surface area contributed by atoms with E-state index < -0.39 is 0 Å². The number of methoxy groups -OCH3 is 1. The predicted octanol–water partition coefficient (Wildman–Crippen LogP) is 3.07. The fourth-order valence-electron chi connectivity index (χ4n) is 2.65. The SMILES string of the molecule is CCOC(=O)C[C@@H]1CCCc2cc(OC)ccc21. The van der Waals surface area contributed by atoms with Crippen LogP contribution in [0.1, 0.15) is 43.2 Å². The molecule has 0 bridgehead atoms. The monoisotopic (exact) mass is 248 g/mol. The average Bonchev–Trinajstić information content (AvgIpc) is 2.38. The van der Waals surface area contributed by atoms with E-state index in [-0.39, 0.29) is 5.97 Å². The minimum atomic E-state index is -0.0915. The van der Waals surface area contributed by atoms with E-state index in [1.807, 2.05) is 13.0 Å². The van der Waals surface area contributed by atoms with Crippen molar-refractivity contribution in [2.45, 2.75) is 38.5 Å². The van der Waals surface area contributed by atoms with E-state index in [0.717, 1.165) is 25.0 Å². The number of carbonyl (C=O) groups excluding carboxylic acids is 1. The molecule has 1 aliphatic carbocycles. The van der Waals surface area contributed by atoms with Gasteiger partial charge in [-0.15, -0.1) is 0 Å². The van der Waals surface area contributed by atoms with Crippen molar-refractivity contribution in [3.05, 3.63) is 29.3 Å². The Kier molecular flexibility index (Phi) is 4.24. The fourth-order valence-corrected chi connectivity index (χ4v) is 2.65. The second-order valence-electron chi connectivity index (χ2n) is 4.66. The maximum absolute atomic E-state index is 11.6. The number of hydrogen-bond acceptors (Lipinski definition) is 3. The van der Waals surface area contributed by atoms with Gasteiger partial charge in [-0.3, -0.25) is 4.79 Å². The number of fused-ring (bicyclic) bond motifs is 1. The van der Waals surface area contributed by atoms with Crippen molar-refractivity contribution >= 4 is 5.97 Å². The molecule has 1 aromatic rings. The van der Waals surface area contributed by atoms with E-state index in [4.69, 9.17) is 9.47 Å². The zero-order valence-electron chi connectivity index (χ0n) is 11.1. The summed E-state index contributed by atoms with van der Waals surface area (Å²) in [5.74, 6) is 1.11. The molecular weight excluding hydrogens is 228 g/mol. The molecule has 3 heteroatoms. The first-order chi connectivity index (χ1) is 8.74. The van der Waals surface area contributed by atoms with Gasteiger partial charge < -0.3 is 9.47 Å². The quantitative estimate of drug-likeness (QED) is 0.768. The maximum atomic E-state index is 11.6. The third kappa shape index (κ3) is 2.84. The number of carbonyl (C=O) groups is 1. The Hall–Kier alpha value is -1.51. The molecular formula is C15H20O3. The molecule has 0 spiro atoms. The second-order valence-corrected chi connectivity index (χ2v) is 4.66. The third-order valence-electron chi connectivity index (χ3n) is 3.51. The van der Waals surface area contributed by atoms with Gasteiger partial charge in [0.1, 0.15) is 5.75 Å². The van der Waals surface area contributed by atoms with Gasteiger partial charge in [-0.05, 0) is 55.4 Å². The van der Waals surface area contributed by atoms with Crippen LogP contribution in [0.25, 0.3) is 0 Å². The summed E-state index contributed by atoms with van der Waals surface area (Å²) in [4.78, 5) is 11.6. The van der Waals surface area contributed by atoms with Crippen LogP contribution < -0.4 is 4.74 Å². The molecule has 98 valence electrons. The summed E-state index contributed by atoms with van der Waals surface area (Å²) in [5.41, 5.74) is 2.60. The van der Waals surface area contributed by atoms with Crippen LogP contribution in [0, 0.1) is 0 Å². The first kappa shape index (κ1) is 12.9. The van der Waals surface area contributed by atoms with Crippen molar-refractivity contribution in [1.29, 1.82) is 0 Å². The summed E-state index contributed by atoms with van der Waals surface area (Å²) in [6.07, 6.45) is 3.77. The summed E-state index contributed by atoms with van der Waals surface area (Å²) in [5, 5.41) is 0. The van der Waals surface area contributed by atoms with Crippen molar-refractivity contribution < 1.29 is 14.3 Å². The van der Waals surface area contributed by atoms with Crippen LogP contribution in [0.2, 0.25) is 0 Å². The normalized spacial score (nSPS) is 18.0. The second kappa shape index (κ2) is 5.89. The summed E-state index contributed by atoms with van der Waals surface area (Å²) in [6.45, 7) is 2.30. The highest BCUT2D eigenvalue weighted by molar-refractivity contribution is 5.70. The molecule has 3 nitrogen and oxygen atoms in total. The molecule has 0 heterocycles. The average molecular weight is 248 g/mol. The molecule has 0 radical (unpaired) electrons. The molecule has 0 amide bonds. The van der Waals surface area contributed by atoms with E-state index in [1.165, 1.54) is 11.1 Å². The first-order valence-electron chi connectivity index (χ1n) is 6.57. The lowest BCUT2D eigenvalue weighted by molar-refractivity contribution is -0.143. The van der Waals surface area contributed by atoms with Gasteiger partial charge in [-0.2, -0.15) is 0 Å². The van der Waals surface area contributed by atoms with Crippen LogP contribution in [0.15, 0.2) is 18.2 Å². The van der Waals surface area contributed by atoms with E-state index in [1.54, 1.807) is 7.11 Å². The molecule has 0 aliphatic heterocycles. The van der Waals surface area contributed by atoms with Crippen LogP contribution in [-0.4, -0.2) is 19.7 Å². The van der Waals surface area contributed by atoms with Gasteiger partial charge in [0.05, 0.1) is 20.1 Å². The maximum Gasteiger partial charge on any atom is 0.306 e. The Morgan fingerprint density at radius 3 is 3.00 bits per heavy atom. The molecule has 1 aliphatic rings. The van der Waals surface area contributed by atoms with Crippen LogP contribution in [0.5, 0.6) is 5.75 Å². The molecule has 2 rings (SSSR count). The van der Waals surface area contributed by atoms with E-state index in [0.29, 0.717) is 18.9 Å². The Morgan fingerprint density at radius 2 is 2.28 bits per heavy atom. The Bertz CT molecular complexity index is 426. The van der Waals surface area contributed by atoms with Crippen molar-refractivity contribution in [1.82, 2.24) is 0 Å². The van der Waals surface area contributed by atoms with Gasteiger partial charge >= 0.3 is 5.97 Å². The highest BCUT2D eigenvalue weighted by atomic mass is 16.5. The standard InChI is InChI=1S/C15H20O3/c1-3-18-15(16)10-12-6-4-5-11-9-13(17-2)7-8-14(11)12/h7-9,12H,3-6,10H2,1-2H3/t12-/m0/s1. The highest BCUT2D eigenvalue weighted by Crippen LogP contribution is 2.35. The van der Waals surface area contributed by atoms with Crippen LogP contribution in [0.4, 0.5) is 0 Å². The molecule has 0 aromatic heterocycles. The summed E-state index contributed by atoms with van der Waals surface area (Å²) >= 11 is 0.